The molecule has 80 valence electrons. The maximum Gasteiger partial charge on any atom is 0.105 e. The van der Waals surface area contributed by atoms with Crippen LogP contribution in [0.15, 0.2) is 0 Å². The lowest BCUT2D eigenvalue weighted by atomic mass is 10.2. The molecule has 0 amide bonds. The number of hydrogen-bond acceptors (Lipinski definition) is 2. The van der Waals surface area contributed by atoms with Gasteiger partial charge in [0.25, 0.3) is 0 Å². The van der Waals surface area contributed by atoms with Crippen molar-refractivity contribution in [1.29, 1.82) is 0 Å². The normalized spacial score (nSPS) is 15.7. The molecule has 2 unspecified atom stereocenters. The first-order valence-electron chi connectivity index (χ1n) is 4.73. The van der Waals surface area contributed by atoms with E-state index in [4.69, 9.17) is 0 Å². The standard InChI is InChI=1S/C9H20O2S2/c1-12(10)8-6-4-3-5-7-9-13(2)11/h3-9H2,1-2H3. The van der Waals surface area contributed by atoms with Gasteiger partial charge in [-0.05, 0) is 25.7 Å². The fourth-order valence-electron chi connectivity index (χ4n) is 1.14. The van der Waals surface area contributed by atoms with Gasteiger partial charge in [0.1, 0.15) is 11.5 Å². The van der Waals surface area contributed by atoms with E-state index in [1.807, 2.05) is 0 Å². The van der Waals surface area contributed by atoms with Gasteiger partial charge in [0.2, 0.25) is 0 Å². The van der Waals surface area contributed by atoms with Gasteiger partial charge < -0.3 is 9.11 Å². The van der Waals surface area contributed by atoms with Crippen molar-refractivity contribution in [2.75, 3.05) is 24.0 Å². The zero-order chi connectivity index (χ0) is 10.1. The molecule has 0 heterocycles. The molecule has 0 aromatic heterocycles. The molecule has 0 aromatic rings. The van der Waals surface area contributed by atoms with Crippen molar-refractivity contribution in [2.45, 2.75) is 32.1 Å². The Morgan fingerprint density at radius 1 is 0.692 bits per heavy atom. The zero-order valence-electron chi connectivity index (χ0n) is 8.58. The van der Waals surface area contributed by atoms with E-state index < -0.39 is 22.4 Å². The third-order valence-corrected chi connectivity index (χ3v) is 3.59. The lowest BCUT2D eigenvalue weighted by Gasteiger charge is -2.05. The average molecular weight is 224 g/mol. The SMILES string of the molecule is C[S+]([O-])CCCCCCC[S+](C)[O-]. The molecule has 0 saturated carbocycles. The van der Waals surface area contributed by atoms with Crippen molar-refractivity contribution >= 4 is 22.4 Å². The fraction of sp³-hybridized carbons (Fsp3) is 1.00. The summed E-state index contributed by atoms with van der Waals surface area (Å²) in [6, 6.07) is 0. The Labute approximate surface area is 87.8 Å². The molecule has 0 saturated heterocycles. The minimum atomic E-state index is -0.629. The number of unbranched alkanes of at least 4 members (excludes halogenated alkanes) is 4. The second-order valence-corrected chi connectivity index (χ2v) is 6.43. The van der Waals surface area contributed by atoms with Crippen LogP contribution >= 0.6 is 0 Å². The first-order valence-corrected chi connectivity index (χ1v) is 8.18. The van der Waals surface area contributed by atoms with Crippen LogP contribution in [0.4, 0.5) is 0 Å². The molecule has 0 radical (unpaired) electrons. The Morgan fingerprint density at radius 3 is 1.31 bits per heavy atom. The Balaban J connectivity index is 2.92. The summed E-state index contributed by atoms with van der Waals surface area (Å²) in [6.45, 7) is 0. The molecular formula is C9H20O2S2. The van der Waals surface area contributed by atoms with E-state index in [2.05, 4.69) is 0 Å². The van der Waals surface area contributed by atoms with Crippen molar-refractivity contribution in [3.63, 3.8) is 0 Å². The summed E-state index contributed by atoms with van der Waals surface area (Å²) in [6.07, 6.45) is 9.15. The van der Waals surface area contributed by atoms with Crippen molar-refractivity contribution in [3.8, 4) is 0 Å². The van der Waals surface area contributed by atoms with Gasteiger partial charge in [-0.25, -0.2) is 0 Å². The summed E-state index contributed by atoms with van der Waals surface area (Å²) < 4.78 is 21.4. The van der Waals surface area contributed by atoms with Gasteiger partial charge in [0.05, 0.1) is 12.5 Å². The minimum absolute atomic E-state index is 0.629. The van der Waals surface area contributed by atoms with Crippen LogP contribution in [0.1, 0.15) is 32.1 Å². The highest BCUT2D eigenvalue weighted by atomic mass is 32.2. The third-order valence-electron chi connectivity index (χ3n) is 1.86. The summed E-state index contributed by atoms with van der Waals surface area (Å²) >= 11 is -1.26. The molecule has 2 nitrogen and oxygen atoms in total. The van der Waals surface area contributed by atoms with Crippen LogP contribution < -0.4 is 0 Å². The highest BCUT2D eigenvalue weighted by Gasteiger charge is 1.99. The molecule has 0 aliphatic heterocycles. The van der Waals surface area contributed by atoms with Crippen LogP contribution in [-0.4, -0.2) is 33.1 Å². The van der Waals surface area contributed by atoms with Crippen LogP contribution in [0.25, 0.3) is 0 Å². The topological polar surface area (TPSA) is 46.1 Å². The molecule has 0 bridgehead atoms. The zero-order valence-corrected chi connectivity index (χ0v) is 10.2. The Bertz CT molecular complexity index is 95.8. The Hall–Kier alpha value is 0.620. The van der Waals surface area contributed by atoms with Gasteiger partial charge in [-0.3, -0.25) is 0 Å². The second-order valence-electron chi connectivity index (χ2n) is 3.32. The maximum atomic E-state index is 10.7. The molecule has 0 aliphatic carbocycles. The summed E-state index contributed by atoms with van der Waals surface area (Å²) in [5, 5.41) is 0. The van der Waals surface area contributed by atoms with Crippen LogP contribution in [0.5, 0.6) is 0 Å². The van der Waals surface area contributed by atoms with Gasteiger partial charge in [0, 0.05) is 0 Å². The van der Waals surface area contributed by atoms with Gasteiger partial charge >= 0.3 is 0 Å². The monoisotopic (exact) mass is 224 g/mol. The third kappa shape index (κ3) is 12.6. The largest absolute Gasteiger partial charge is 0.617 e. The molecule has 13 heavy (non-hydrogen) atoms. The lowest BCUT2D eigenvalue weighted by molar-refractivity contribution is 0.586. The highest BCUT2D eigenvalue weighted by Crippen LogP contribution is 2.05. The first kappa shape index (κ1) is 13.6. The summed E-state index contributed by atoms with van der Waals surface area (Å²) in [5.74, 6) is 1.67. The van der Waals surface area contributed by atoms with Gasteiger partial charge in [-0.1, -0.05) is 28.8 Å². The molecule has 4 heteroatoms. The molecule has 0 rings (SSSR count). The molecule has 0 aromatic carbocycles. The van der Waals surface area contributed by atoms with Crippen LogP contribution in [-0.2, 0) is 22.4 Å². The smallest absolute Gasteiger partial charge is 0.105 e. The van der Waals surface area contributed by atoms with Gasteiger partial charge in [0.15, 0.2) is 0 Å². The predicted molar refractivity (Wildman–Crippen MR) is 61.0 cm³/mol. The van der Waals surface area contributed by atoms with Crippen molar-refractivity contribution in [3.05, 3.63) is 0 Å². The maximum absolute atomic E-state index is 10.7. The molecule has 0 aliphatic rings. The van der Waals surface area contributed by atoms with E-state index in [1.165, 1.54) is 6.42 Å². The van der Waals surface area contributed by atoms with Gasteiger partial charge in [-0.2, -0.15) is 0 Å². The van der Waals surface area contributed by atoms with Crippen molar-refractivity contribution in [1.82, 2.24) is 0 Å². The summed E-state index contributed by atoms with van der Waals surface area (Å²) in [4.78, 5) is 0. The van der Waals surface area contributed by atoms with E-state index in [-0.39, 0.29) is 0 Å². The molecular weight excluding hydrogens is 204 g/mol. The number of hydrogen-bond donors (Lipinski definition) is 0. The highest BCUT2D eigenvalue weighted by molar-refractivity contribution is 7.90. The van der Waals surface area contributed by atoms with Crippen molar-refractivity contribution in [2.24, 2.45) is 0 Å². The van der Waals surface area contributed by atoms with E-state index >= 15 is 0 Å². The second kappa shape index (κ2) is 9.19. The van der Waals surface area contributed by atoms with E-state index in [9.17, 15) is 9.11 Å². The van der Waals surface area contributed by atoms with E-state index in [0.717, 1.165) is 37.2 Å². The minimum Gasteiger partial charge on any atom is -0.617 e. The van der Waals surface area contributed by atoms with Crippen LogP contribution in [0, 0.1) is 0 Å². The van der Waals surface area contributed by atoms with E-state index in [1.54, 1.807) is 12.5 Å². The fourth-order valence-corrected chi connectivity index (χ4v) is 2.36. The van der Waals surface area contributed by atoms with Crippen molar-refractivity contribution < 1.29 is 9.11 Å². The summed E-state index contributed by atoms with van der Waals surface area (Å²) in [5.41, 5.74) is 0. The summed E-state index contributed by atoms with van der Waals surface area (Å²) in [7, 11) is 0. The van der Waals surface area contributed by atoms with Crippen LogP contribution in [0.2, 0.25) is 0 Å². The first-order chi connectivity index (χ1) is 6.13. The molecule has 0 spiro atoms. The molecule has 0 fully saturated rings. The van der Waals surface area contributed by atoms with Crippen LogP contribution in [0.3, 0.4) is 0 Å². The quantitative estimate of drug-likeness (QED) is 0.465. The lowest BCUT2D eigenvalue weighted by Crippen LogP contribution is -2.03. The molecule has 2 atom stereocenters. The Morgan fingerprint density at radius 2 is 1.00 bits per heavy atom. The predicted octanol–water partition coefficient (Wildman–Crippen LogP) is 1.69. The number of rotatable bonds is 8. The Kier molecular flexibility index (Phi) is 9.62. The van der Waals surface area contributed by atoms with E-state index in [0.29, 0.717) is 0 Å². The average Bonchev–Trinajstić information content (AvgIpc) is 2.01. The molecule has 0 N–H and O–H groups in total. The van der Waals surface area contributed by atoms with Gasteiger partial charge in [-0.15, -0.1) is 0 Å².